The Labute approximate surface area is 144 Å². The highest BCUT2D eigenvalue weighted by Gasteiger charge is 2.35. The molecule has 1 atom stereocenters. The van der Waals surface area contributed by atoms with Crippen molar-refractivity contribution in [3.05, 3.63) is 29.8 Å². The van der Waals surface area contributed by atoms with Gasteiger partial charge in [-0.05, 0) is 29.5 Å². The highest BCUT2D eigenvalue weighted by molar-refractivity contribution is 5.88. The Morgan fingerprint density at radius 1 is 1.30 bits per heavy atom. The first-order chi connectivity index (χ1) is 10.3. The highest BCUT2D eigenvalue weighted by atomic mass is 35.5. The van der Waals surface area contributed by atoms with Crippen LogP contribution in [0, 0.1) is 5.41 Å². The maximum absolute atomic E-state index is 12.4. The van der Waals surface area contributed by atoms with E-state index < -0.39 is 0 Å². The summed E-state index contributed by atoms with van der Waals surface area (Å²) in [7, 11) is 0. The Kier molecular flexibility index (Phi) is 6.59. The van der Waals surface area contributed by atoms with Crippen molar-refractivity contribution in [1.29, 1.82) is 0 Å². The Hall–Kier alpha value is -1.59. The summed E-state index contributed by atoms with van der Waals surface area (Å²) in [6.07, 6.45) is 1.23. The van der Waals surface area contributed by atoms with Gasteiger partial charge in [0.15, 0.2) is 0 Å². The fraction of sp³-hybridized carbons (Fsp3) is 0.529. The second kappa shape index (κ2) is 7.79. The normalized spacial score (nSPS) is 19.7. The number of nitrogens with two attached hydrogens (primary N) is 1. The van der Waals surface area contributed by atoms with Crippen LogP contribution in [0.25, 0.3) is 0 Å². The van der Waals surface area contributed by atoms with E-state index in [2.05, 4.69) is 19.2 Å². The molecule has 23 heavy (non-hydrogen) atoms. The number of likely N-dealkylation sites (tertiary alicyclic amines) is 1. The summed E-state index contributed by atoms with van der Waals surface area (Å²) in [6, 6.07) is 7.54. The lowest BCUT2D eigenvalue weighted by Gasteiger charge is -2.42. The number of amides is 2. The molecule has 1 heterocycles. The molecule has 6 heteroatoms. The van der Waals surface area contributed by atoms with Crippen LogP contribution in [0.1, 0.15) is 32.8 Å². The van der Waals surface area contributed by atoms with Crippen molar-refractivity contribution in [2.24, 2.45) is 11.1 Å². The van der Waals surface area contributed by atoms with E-state index in [-0.39, 0.29) is 35.7 Å². The lowest BCUT2D eigenvalue weighted by atomic mass is 9.79. The van der Waals surface area contributed by atoms with E-state index >= 15 is 0 Å². The van der Waals surface area contributed by atoms with Gasteiger partial charge in [-0.25, -0.2) is 0 Å². The third kappa shape index (κ3) is 5.22. The number of nitrogens with zero attached hydrogens (tertiary/aromatic N) is 1. The topological polar surface area (TPSA) is 75.4 Å². The largest absolute Gasteiger partial charge is 0.342 e. The molecule has 1 unspecified atom stereocenters. The number of benzene rings is 1. The van der Waals surface area contributed by atoms with Gasteiger partial charge in [0.05, 0.1) is 6.42 Å². The molecule has 2 amide bonds. The second-order valence-electron chi connectivity index (χ2n) is 6.75. The molecule has 1 aliphatic rings. The highest BCUT2D eigenvalue weighted by Crippen LogP contribution is 2.28. The minimum absolute atomic E-state index is 0. The number of halogens is 1. The third-order valence-corrected chi connectivity index (χ3v) is 4.29. The van der Waals surface area contributed by atoms with Gasteiger partial charge in [0, 0.05) is 31.7 Å². The summed E-state index contributed by atoms with van der Waals surface area (Å²) in [4.78, 5) is 25.3. The Morgan fingerprint density at radius 2 is 1.91 bits per heavy atom. The van der Waals surface area contributed by atoms with Crippen LogP contribution >= 0.6 is 12.4 Å². The van der Waals surface area contributed by atoms with Crippen LogP contribution in [-0.2, 0) is 16.0 Å². The number of anilines is 1. The minimum Gasteiger partial charge on any atom is -0.342 e. The van der Waals surface area contributed by atoms with Crippen molar-refractivity contribution in [1.82, 2.24) is 4.90 Å². The number of carbonyl (C=O) groups excluding carboxylic acids is 2. The lowest BCUT2D eigenvalue weighted by molar-refractivity contribution is -0.133. The molecule has 3 N–H and O–H groups in total. The summed E-state index contributed by atoms with van der Waals surface area (Å²) in [5.41, 5.74) is 7.77. The molecule has 1 saturated heterocycles. The quantitative estimate of drug-likeness (QED) is 0.886. The number of hydrogen-bond donors (Lipinski definition) is 2. The molecule has 0 radical (unpaired) electrons. The zero-order valence-electron chi connectivity index (χ0n) is 14.0. The molecule has 1 aromatic rings. The Morgan fingerprint density at radius 3 is 2.43 bits per heavy atom. The average Bonchev–Trinajstić information content (AvgIpc) is 2.43. The summed E-state index contributed by atoms with van der Waals surface area (Å²) < 4.78 is 0. The number of nitrogens with one attached hydrogen (secondary N) is 1. The van der Waals surface area contributed by atoms with Crippen LogP contribution in [0.15, 0.2) is 24.3 Å². The van der Waals surface area contributed by atoms with Gasteiger partial charge >= 0.3 is 0 Å². The van der Waals surface area contributed by atoms with Crippen LogP contribution in [0.2, 0.25) is 0 Å². The zero-order valence-corrected chi connectivity index (χ0v) is 14.8. The molecule has 5 nitrogen and oxygen atoms in total. The van der Waals surface area contributed by atoms with Gasteiger partial charge in [-0.2, -0.15) is 0 Å². The number of hydrogen-bond acceptors (Lipinski definition) is 3. The molecule has 1 aliphatic heterocycles. The van der Waals surface area contributed by atoms with E-state index in [1.54, 1.807) is 0 Å². The monoisotopic (exact) mass is 339 g/mol. The van der Waals surface area contributed by atoms with Crippen molar-refractivity contribution in [2.75, 3.05) is 18.4 Å². The first kappa shape index (κ1) is 19.5. The standard InChI is InChI=1S/C17H25N3O2.ClH/c1-12(21)19-14-6-4-13(5-7-14)10-16(22)20-9-8-15(18)17(2,3)11-20;/h4-7,15H,8-11,18H2,1-3H3,(H,19,21);1H. The van der Waals surface area contributed by atoms with E-state index in [1.807, 2.05) is 29.2 Å². The van der Waals surface area contributed by atoms with Gasteiger partial charge in [-0.1, -0.05) is 26.0 Å². The van der Waals surface area contributed by atoms with Crippen molar-refractivity contribution >= 4 is 29.9 Å². The van der Waals surface area contributed by atoms with E-state index in [1.165, 1.54) is 6.92 Å². The molecule has 0 aromatic heterocycles. The van der Waals surface area contributed by atoms with E-state index in [0.717, 1.165) is 24.2 Å². The molecular weight excluding hydrogens is 314 g/mol. The SMILES string of the molecule is CC(=O)Nc1ccc(CC(=O)N2CCC(N)C(C)(C)C2)cc1.Cl. The number of carbonyl (C=O) groups is 2. The first-order valence-corrected chi connectivity index (χ1v) is 7.68. The van der Waals surface area contributed by atoms with Crippen molar-refractivity contribution in [3.63, 3.8) is 0 Å². The summed E-state index contributed by atoms with van der Waals surface area (Å²) in [5.74, 6) is 0.0305. The Balaban J connectivity index is 0.00000264. The summed E-state index contributed by atoms with van der Waals surface area (Å²) in [6.45, 7) is 7.13. The second-order valence-corrected chi connectivity index (χ2v) is 6.75. The van der Waals surface area contributed by atoms with Crippen LogP contribution < -0.4 is 11.1 Å². The van der Waals surface area contributed by atoms with Gasteiger partial charge in [0.25, 0.3) is 0 Å². The third-order valence-electron chi connectivity index (χ3n) is 4.29. The van der Waals surface area contributed by atoms with Gasteiger partial charge in [0.2, 0.25) is 11.8 Å². The molecule has 1 fully saturated rings. The predicted molar refractivity (Wildman–Crippen MR) is 94.7 cm³/mol. The molecule has 0 spiro atoms. The molecule has 0 aliphatic carbocycles. The molecule has 0 bridgehead atoms. The molecular formula is C17H26ClN3O2. The van der Waals surface area contributed by atoms with E-state index in [4.69, 9.17) is 5.73 Å². The predicted octanol–water partition coefficient (Wildman–Crippen LogP) is 2.20. The van der Waals surface area contributed by atoms with Crippen LogP contribution in [-0.4, -0.2) is 35.8 Å². The fourth-order valence-electron chi connectivity index (χ4n) is 2.78. The van der Waals surface area contributed by atoms with Gasteiger partial charge in [0.1, 0.15) is 0 Å². The summed E-state index contributed by atoms with van der Waals surface area (Å²) >= 11 is 0. The minimum atomic E-state index is -0.101. The molecule has 0 saturated carbocycles. The van der Waals surface area contributed by atoms with Crippen molar-refractivity contribution in [3.8, 4) is 0 Å². The van der Waals surface area contributed by atoms with Gasteiger partial charge in [-0.3, -0.25) is 9.59 Å². The van der Waals surface area contributed by atoms with Gasteiger partial charge in [-0.15, -0.1) is 12.4 Å². The Bertz CT molecular complexity index is 557. The number of rotatable bonds is 3. The van der Waals surface area contributed by atoms with Gasteiger partial charge < -0.3 is 16.0 Å². The van der Waals surface area contributed by atoms with Crippen LogP contribution in [0.4, 0.5) is 5.69 Å². The fourth-order valence-corrected chi connectivity index (χ4v) is 2.78. The summed E-state index contributed by atoms with van der Waals surface area (Å²) in [5, 5.41) is 2.72. The maximum Gasteiger partial charge on any atom is 0.227 e. The smallest absolute Gasteiger partial charge is 0.227 e. The molecule has 2 rings (SSSR count). The van der Waals surface area contributed by atoms with Crippen LogP contribution in [0.5, 0.6) is 0 Å². The van der Waals surface area contributed by atoms with E-state index in [0.29, 0.717) is 13.0 Å². The van der Waals surface area contributed by atoms with Crippen LogP contribution in [0.3, 0.4) is 0 Å². The lowest BCUT2D eigenvalue weighted by Crippen LogP contribution is -2.54. The van der Waals surface area contributed by atoms with E-state index in [9.17, 15) is 9.59 Å². The average molecular weight is 340 g/mol. The zero-order chi connectivity index (χ0) is 16.3. The maximum atomic E-state index is 12.4. The first-order valence-electron chi connectivity index (χ1n) is 7.68. The molecule has 1 aromatic carbocycles. The van der Waals surface area contributed by atoms with Crippen molar-refractivity contribution in [2.45, 2.75) is 39.7 Å². The number of piperidine rings is 1. The molecule has 128 valence electrons. The van der Waals surface area contributed by atoms with Crippen molar-refractivity contribution < 1.29 is 9.59 Å².